The van der Waals surface area contributed by atoms with Gasteiger partial charge in [0.25, 0.3) is 11.1 Å². The van der Waals surface area contributed by atoms with Gasteiger partial charge < -0.3 is 14.2 Å². The largest absolute Gasteiger partial charge is 0.491 e. The Labute approximate surface area is 203 Å². The SMILES string of the molecule is CCOc1cc(/C=C2\SC(=O)N(CCOc3cc(C)ccc3C(C)C)C2=O)cc(Cl)c1OC. The number of halogens is 1. The lowest BCUT2D eigenvalue weighted by Gasteiger charge is -2.17. The van der Waals surface area contributed by atoms with Crippen LogP contribution in [0.25, 0.3) is 6.08 Å². The first-order valence-electron chi connectivity index (χ1n) is 10.7. The summed E-state index contributed by atoms with van der Waals surface area (Å²) in [5.74, 6) is 1.64. The number of methoxy groups -OCH3 is 1. The van der Waals surface area contributed by atoms with Crippen LogP contribution in [0.15, 0.2) is 35.2 Å². The Hall–Kier alpha value is -2.64. The van der Waals surface area contributed by atoms with Crippen LogP contribution in [-0.2, 0) is 4.79 Å². The first-order valence-corrected chi connectivity index (χ1v) is 11.9. The highest BCUT2D eigenvalue weighted by Crippen LogP contribution is 2.39. The zero-order valence-electron chi connectivity index (χ0n) is 19.4. The van der Waals surface area contributed by atoms with E-state index in [1.165, 1.54) is 12.0 Å². The van der Waals surface area contributed by atoms with Gasteiger partial charge in [-0.1, -0.05) is 37.6 Å². The zero-order chi connectivity index (χ0) is 24.1. The number of carbonyl (C=O) groups excluding carboxylic acids is 2. The molecule has 0 saturated carbocycles. The molecule has 2 aromatic rings. The van der Waals surface area contributed by atoms with Gasteiger partial charge in [-0.2, -0.15) is 0 Å². The van der Waals surface area contributed by atoms with Gasteiger partial charge in [0.1, 0.15) is 12.4 Å². The van der Waals surface area contributed by atoms with Crippen molar-refractivity contribution in [3.63, 3.8) is 0 Å². The Morgan fingerprint density at radius 2 is 1.88 bits per heavy atom. The number of nitrogens with zero attached hydrogens (tertiary/aromatic N) is 1. The summed E-state index contributed by atoms with van der Waals surface area (Å²) >= 11 is 7.20. The first kappa shape index (κ1) is 25.0. The molecule has 1 fully saturated rings. The summed E-state index contributed by atoms with van der Waals surface area (Å²) in [4.78, 5) is 26.9. The third-order valence-electron chi connectivity index (χ3n) is 5.07. The van der Waals surface area contributed by atoms with Crippen molar-refractivity contribution in [3.05, 3.63) is 56.9 Å². The second-order valence-electron chi connectivity index (χ2n) is 7.84. The summed E-state index contributed by atoms with van der Waals surface area (Å²) in [5, 5.41) is 0.0363. The van der Waals surface area contributed by atoms with Crippen LogP contribution in [-0.4, -0.2) is 42.9 Å². The Kier molecular flexibility index (Phi) is 8.32. The predicted octanol–water partition coefficient (Wildman–Crippen LogP) is 6.29. The minimum atomic E-state index is -0.355. The van der Waals surface area contributed by atoms with Gasteiger partial charge in [-0.3, -0.25) is 14.5 Å². The van der Waals surface area contributed by atoms with Gasteiger partial charge in [-0.05, 0) is 72.5 Å². The summed E-state index contributed by atoms with van der Waals surface area (Å²) < 4.78 is 16.8. The molecule has 176 valence electrons. The van der Waals surface area contributed by atoms with Gasteiger partial charge in [0.15, 0.2) is 11.5 Å². The standard InChI is InChI=1S/C25H28ClNO5S/c1-6-31-21-13-17(12-19(26)23(21)30-5)14-22-24(28)27(25(29)33-22)9-10-32-20-11-16(4)7-8-18(20)15(2)3/h7-8,11-15H,6,9-10H2,1-5H3/b22-14-. The van der Waals surface area contributed by atoms with Crippen LogP contribution in [0.5, 0.6) is 17.2 Å². The average molecular weight is 490 g/mol. The van der Waals surface area contributed by atoms with Gasteiger partial charge in [0, 0.05) is 0 Å². The third kappa shape index (κ3) is 5.84. The normalized spacial score (nSPS) is 15.0. The fraction of sp³-hybridized carbons (Fsp3) is 0.360. The summed E-state index contributed by atoms with van der Waals surface area (Å²) in [6.45, 7) is 8.88. The molecule has 3 rings (SSSR count). The monoisotopic (exact) mass is 489 g/mol. The van der Waals surface area contributed by atoms with E-state index in [-0.39, 0.29) is 24.3 Å². The molecule has 0 unspecified atom stereocenters. The summed E-state index contributed by atoms with van der Waals surface area (Å²) in [7, 11) is 1.51. The molecular formula is C25H28ClNO5S. The quantitative estimate of drug-likeness (QED) is 0.385. The lowest BCUT2D eigenvalue weighted by atomic mass is 10.0. The molecule has 6 nitrogen and oxygen atoms in total. The molecule has 8 heteroatoms. The molecular weight excluding hydrogens is 462 g/mol. The molecule has 2 aromatic carbocycles. The molecule has 0 spiro atoms. The Morgan fingerprint density at radius 3 is 2.55 bits per heavy atom. The molecule has 1 saturated heterocycles. The van der Waals surface area contributed by atoms with E-state index >= 15 is 0 Å². The van der Waals surface area contributed by atoms with E-state index in [0.717, 1.165) is 28.6 Å². The number of hydrogen-bond acceptors (Lipinski definition) is 6. The number of carbonyl (C=O) groups is 2. The maximum absolute atomic E-state index is 12.9. The lowest BCUT2D eigenvalue weighted by Crippen LogP contribution is -2.32. The number of benzene rings is 2. The number of amides is 2. The molecule has 0 N–H and O–H groups in total. The van der Waals surface area contributed by atoms with Crippen LogP contribution in [0.1, 0.15) is 43.4 Å². The van der Waals surface area contributed by atoms with E-state index in [2.05, 4.69) is 19.9 Å². The summed E-state index contributed by atoms with van der Waals surface area (Å²) in [5.41, 5.74) is 2.83. The van der Waals surface area contributed by atoms with Gasteiger partial charge >= 0.3 is 0 Å². The number of rotatable bonds is 9. The van der Waals surface area contributed by atoms with E-state index in [4.69, 9.17) is 25.8 Å². The number of imide groups is 1. The topological polar surface area (TPSA) is 65.1 Å². The first-order chi connectivity index (χ1) is 15.7. The van der Waals surface area contributed by atoms with Crippen LogP contribution in [0, 0.1) is 6.92 Å². The summed E-state index contributed by atoms with van der Waals surface area (Å²) in [6, 6.07) is 9.48. The maximum atomic E-state index is 12.9. The molecule has 33 heavy (non-hydrogen) atoms. The van der Waals surface area contributed by atoms with Crippen LogP contribution >= 0.6 is 23.4 Å². The van der Waals surface area contributed by atoms with Crippen LogP contribution in [0.2, 0.25) is 5.02 Å². The molecule has 1 aliphatic heterocycles. The second-order valence-corrected chi connectivity index (χ2v) is 9.25. The maximum Gasteiger partial charge on any atom is 0.293 e. The van der Waals surface area contributed by atoms with Crippen molar-refractivity contribution >= 4 is 40.6 Å². The minimum absolute atomic E-state index is 0.168. The van der Waals surface area contributed by atoms with Crippen molar-refractivity contribution in [2.75, 3.05) is 26.9 Å². The smallest absolute Gasteiger partial charge is 0.293 e. The predicted molar refractivity (Wildman–Crippen MR) is 133 cm³/mol. The van der Waals surface area contributed by atoms with Crippen molar-refractivity contribution < 1.29 is 23.8 Å². The third-order valence-corrected chi connectivity index (χ3v) is 6.26. The van der Waals surface area contributed by atoms with Crippen molar-refractivity contribution in [1.82, 2.24) is 4.90 Å². The fourth-order valence-electron chi connectivity index (χ4n) is 3.47. The molecule has 0 aromatic heterocycles. The Bertz CT molecular complexity index is 1080. The molecule has 0 bridgehead atoms. The van der Waals surface area contributed by atoms with Crippen molar-refractivity contribution in [2.24, 2.45) is 0 Å². The number of hydrogen-bond donors (Lipinski definition) is 0. The Balaban J connectivity index is 1.73. The van der Waals surface area contributed by atoms with E-state index in [9.17, 15) is 9.59 Å². The zero-order valence-corrected chi connectivity index (χ0v) is 21.0. The summed E-state index contributed by atoms with van der Waals surface area (Å²) in [6.07, 6.45) is 1.64. The molecule has 0 atom stereocenters. The highest BCUT2D eigenvalue weighted by molar-refractivity contribution is 8.18. The van der Waals surface area contributed by atoms with Crippen LogP contribution < -0.4 is 14.2 Å². The fourth-order valence-corrected chi connectivity index (χ4v) is 4.63. The van der Waals surface area contributed by atoms with Crippen LogP contribution in [0.3, 0.4) is 0 Å². The molecule has 1 heterocycles. The van der Waals surface area contributed by atoms with E-state index in [0.29, 0.717) is 39.5 Å². The van der Waals surface area contributed by atoms with Crippen molar-refractivity contribution in [3.8, 4) is 17.2 Å². The van der Waals surface area contributed by atoms with E-state index in [1.807, 2.05) is 26.0 Å². The van der Waals surface area contributed by atoms with Crippen molar-refractivity contribution in [1.29, 1.82) is 0 Å². The average Bonchev–Trinajstić information content (AvgIpc) is 3.01. The van der Waals surface area contributed by atoms with Crippen LogP contribution in [0.4, 0.5) is 4.79 Å². The lowest BCUT2D eigenvalue weighted by molar-refractivity contribution is -0.123. The highest BCUT2D eigenvalue weighted by atomic mass is 35.5. The highest BCUT2D eigenvalue weighted by Gasteiger charge is 2.35. The molecule has 0 radical (unpaired) electrons. The molecule has 2 amide bonds. The second kappa shape index (κ2) is 11.0. The molecule has 1 aliphatic rings. The van der Waals surface area contributed by atoms with E-state index < -0.39 is 0 Å². The minimum Gasteiger partial charge on any atom is -0.491 e. The number of ether oxygens (including phenoxy) is 3. The number of thioether (sulfide) groups is 1. The Morgan fingerprint density at radius 1 is 1.12 bits per heavy atom. The van der Waals surface area contributed by atoms with Gasteiger partial charge in [0.2, 0.25) is 0 Å². The van der Waals surface area contributed by atoms with Crippen molar-refractivity contribution in [2.45, 2.75) is 33.6 Å². The van der Waals surface area contributed by atoms with E-state index in [1.54, 1.807) is 18.2 Å². The molecule has 0 aliphatic carbocycles. The number of aryl methyl sites for hydroxylation is 1. The van der Waals surface area contributed by atoms with Gasteiger partial charge in [-0.25, -0.2) is 0 Å². The van der Waals surface area contributed by atoms with Gasteiger partial charge in [-0.15, -0.1) is 0 Å². The van der Waals surface area contributed by atoms with Gasteiger partial charge in [0.05, 0.1) is 30.2 Å².